The first-order chi connectivity index (χ1) is 29.8. The highest BCUT2D eigenvalue weighted by atomic mass is 16.7. The molecule has 1 aliphatic rings. The largest absolute Gasteiger partial charge is 0.394 e. The Morgan fingerprint density at radius 2 is 0.902 bits per heavy atom. The lowest BCUT2D eigenvalue weighted by Gasteiger charge is -2.40. The van der Waals surface area contributed by atoms with Gasteiger partial charge < -0.3 is 40.3 Å². The molecule has 7 atom stereocenters. The van der Waals surface area contributed by atoms with Crippen molar-refractivity contribution in [2.45, 2.75) is 301 Å². The van der Waals surface area contributed by atoms with E-state index in [0.717, 1.165) is 51.4 Å². The lowest BCUT2D eigenvalue weighted by Crippen LogP contribution is -2.60. The number of hydrogen-bond donors (Lipinski definition) is 6. The van der Waals surface area contributed by atoms with Crippen molar-refractivity contribution in [3.63, 3.8) is 0 Å². The lowest BCUT2D eigenvalue weighted by molar-refractivity contribution is -0.302. The number of nitrogens with one attached hydrogen (secondary N) is 1. The molecule has 0 bridgehead atoms. The monoisotopic (exact) mass is 868 g/mol. The molecule has 0 radical (unpaired) electrons. The maximum Gasteiger partial charge on any atom is 0.220 e. The van der Waals surface area contributed by atoms with Crippen molar-refractivity contribution in [1.82, 2.24) is 5.32 Å². The molecular formula is C52H101NO8. The predicted molar refractivity (Wildman–Crippen MR) is 254 cm³/mol. The third-order valence-electron chi connectivity index (χ3n) is 12.9. The van der Waals surface area contributed by atoms with E-state index >= 15 is 0 Å². The molecule has 0 aromatic carbocycles. The molecule has 1 saturated heterocycles. The van der Waals surface area contributed by atoms with Crippen molar-refractivity contribution in [2.75, 3.05) is 13.2 Å². The van der Waals surface area contributed by atoms with E-state index in [1.165, 1.54) is 186 Å². The molecule has 0 spiro atoms. The van der Waals surface area contributed by atoms with Gasteiger partial charge >= 0.3 is 0 Å². The third-order valence-corrected chi connectivity index (χ3v) is 12.9. The average molecular weight is 868 g/mol. The second-order valence-electron chi connectivity index (χ2n) is 18.7. The van der Waals surface area contributed by atoms with Crippen molar-refractivity contribution < 1.29 is 39.8 Å². The van der Waals surface area contributed by atoms with Crippen LogP contribution in [0.2, 0.25) is 0 Å². The van der Waals surface area contributed by atoms with Crippen molar-refractivity contribution in [3.05, 3.63) is 12.2 Å². The first kappa shape index (κ1) is 57.9. The zero-order valence-electron chi connectivity index (χ0n) is 39.9. The van der Waals surface area contributed by atoms with Crippen LogP contribution in [0.15, 0.2) is 12.2 Å². The number of amides is 1. The number of rotatable bonds is 45. The highest BCUT2D eigenvalue weighted by molar-refractivity contribution is 5.76. The Labute approximate surface area is 376 Å². The molecule has 7 unspecified atom stereocenters. The summed E-state index contributed by atoms with van der Waals surface area (Å²) in [5, 5.41) is 53.9. The first-order valence-electron chi connectivity index (χ1n) is 26.4. The Morgan fingerprint density at radius 3 is 1.28 bits per heavy atom. The molecule has 9 nitrogen and oxygen atoms in total. The van der Waals surface area contributed by atoms with Gasteiger partial charge in [-0.3, -0.25) is 4.79 Å². The third kappa shape index (κ3) is 33.1. The normalized spacial score (nSPS) is 20.4. The Morgan fingerprint density at radius 1 is 0.541 bits per heavy atom. The van der Waals surface area contributed by atoms with Crippen LogP contribution < -0.4 is 5.32 Å². The van der Waals surface area contributed by atoms with Crippen molar-refractivity contribution in [2.24, 2.45) is 0 Å². The summed E-state index contributed by atoms with van der Waals surface area (Å²) in [6, 6.07) is -0.796. The fourth-order valence-corrected chi connectivity index (χ4v) is 8.63. The van der Waals surface area contributed by atoms with Gasteiger partial charge in [-0.2, -0.15) is 0 Å². The molecule has 1 aliphatic heterocycles. The molecule has 0 aliphatic carbocycles. The number of carbonyl (C=O) groups excluding carboxylic acids is 1. The summed E-state index contributed by atoms with van der Waals surface area (Å²) in [5.41, 5.74) is 0. The molecule has 362 valence electrons. The number of aliphatic hydroxyl groups is 5. The van der Waals surface area contributed by atoms with E-state index in [9.17, 15) is 30.3 Å². The zero-order chi connectivity index (χ0) is 44.4. The van der Waals surface area contributed by atoms with Crippen LogP contribution in [0, 0.1) is 0 Å². The standard InChI is InChI=1S/C52H101NO8/c1-3-5-7-9-10-11-12-13-14-15-16-17-18-19-20-21-22-23-24-25-26-27-28-29-30-31-32-33-34-35-36-38-39-41-46(55)45(53-48(56)42-40-37-8-6-4-2)44-60-52-51(59)50(58)49(57)47(43-54)61-52/h39,41,45-47,49-52,54-55,57-59H,3-38,40,42-44H2,1-2H3,(H,53,56)/b41-39+. The zero-order valence-corrected chi connectivity index (χ0v) is 39.9. The maximum absolute atomic E-state index is 12.7. The number of ether oxygens (including phenoxy) is 2. The van der Waals surface area contributed by atoms with Crippen LogP contribution in [0.5, 0.6) is 0 Å². The number of carbonyl (C=O) groups is 1. The lowest BCUT2D eigenvalue weighted by atomic mass is 9.99. The summed E-state index contributed by atoms with van der Waals surface area (Å²) >= 11 is 0. The fraction of sp³-hybridized carbons (Fsp3) is 0.942. The van der Waals surface area contributed by atoms with E-state index in [-0.39, 0.29) is 12.5 Å². The van der Waals surface area contributed by atoms with Gasteiger partial charge in [0.15, 0.2) is 6.29 Å². The van der Waals surface area contributed by atoms with Gasteiger partial charge in [0, 0.05) is 6.42 Å². The van der Waals surface area contributed by atoms with Gasteiger partial charge in [-0.15, -0.1) is 0 Å². The van der Waals surface area contributed by atoms with E-state index in [0.29, 0.717) is 6.42 Å². The van der Waals surface area contributed by atoms with E-state index in [1.807, 2.05) is 6.08 Å². The minimum atomic E-state index is -1.56. The molecule has 0 saturated carbocycles. The average Bonchev–Trinajstić information content (AvgIpc) is 3.26. The van der Waals surface area contributed by atoms with Crippen LogP contribution in [-0.2, 0) is 14.3 Å². The van der Waals surface area contributed by atoms with Crippen LogP contribution >= 0.6 is 0 Å². The van der Waals surface area contributed by atoms with Crippen molar-refractivity contribution >= 4 is 5.91 Å². The Kier molecular flexibility index (Phi) is 40.7. The SMILES string of the molecule is CCCCCCCCCCCCCCCCCCCCCCCCCCCCCCCCC/C=C/C(O)C(COC1OC(CO)C(O)C(O)C1O)NC(=O)CCCCCCC. The maximum atomic E-state index is 12.7. The molecule has 9 heteroatoms. The minimum Gasteiger partial charge on any atom is -0.394 e. The van der Waals surface area contributed by atoms with Gasteiger partial charge in [0.2, 0.25) is 5.91 Å². The van der Waals surface area contributed by atoms with E-state index in [2.05, 4.69) is 19.2 Å². The molecular weight excluding hydrogens is 767 g/mol. The number of allylic oxidation sites excluding steroid dienone is 1. The Balaban J connectivity index is 2.02. The summed E-state index contributed by atoms with van der Waals surface area (Å²) in [4.78, 5) is 12.7. The van der Waals surface area contributed by atoms with Gasteiger partial charge in [-0.1, -0.05) is 244 Å². The smallest absolute Gasteiger partial charge is 0.220 e. The molecule has 1 fully saturated rings. The quantitative estimate of drug-likeness (QED) is 0.0262. The first-order valence-corrected chi connectivity index (χ1v) is 26.4. The molecule has 1 amide bonds. The highest BCUT2D eigenvalue weighted by Gasteiger charge is 2.44. The summed E-state index contributed by atoms with van der Waals surface area (Å²) in [7, 11) is 0. The second-order valence-corrected chi connectivity index (χ2v) is 18.7. The Hall–Kier alpha value is -1.07. The van der Waals surface area contributed by atoms with Gasteiger partial charge in [-0.05, 0) is 19.3 Å². The topological polar surface area (TPSA) is 149 Å². The van der Waals surface area contributed by atoms with Gasteiger partial charge in [-0.25, -0.2) is 0 Å². The second kappa shape index (κ2) is 42.9. The number of unbranched alkanes of at least 4 members (excludes halogenated alkanes) is 35. The fourth-order valence-electron chi connectivity index (χ4n) is 8.63. The summed E-state index contributed by atoms with van der Waals surface area (Å²) in [6.07, 6.45) is 45.0. The molecule has 61 heavy (non-hydrogen) atoms. The van der Waals surface area contributed by atoms with Crippen LogP contribution in [-0.4, -0.2) is 87.5 Å². The van der Waals surface area contributed by atoms with Crippen LogP contribution in [0.3, 0.4) is 0 Å². The summed E-state index contributed by atoms with van der Waals surface area (Å²) < 4.78 is 11.1. The van der Waals surface area contributed by atoms with Crippen LogP contribution in [0.25, 0.3) is 0 Å². The molecule has 0 aromatic rings. The summed E-state index contributed by atoms with van der Waals surface area (Å²) in [5.74, 6) is -0.187. The van der Waals surface area contributed by atoms with Crippen molar-refractivity contribution in [1.29, 1.82) is 0 Å². The predicted octanol–water partition coefficient (Wildman–Crippen LogP) is 12.1. The van der Waals surface area contributed by atoms with E-state index < -0.39 is 49.5 Å². The van der Waals surface area contributed by atoms with E-state index in [1.54, 1.807) is 6.08 Å². The molecule has 6 N–H and O–H groups in total. The Bertz CT molecular complexity index is 966. The highest BCUT2D eigenvalue weighted by Crippen LogP contribution is 2.23. The van der Waals surface area contributed by atoms with Gasteiger partial charge in [0.05, 0.1) is 25.4 Å². The van der Waals surface area contributed by atoms with Crippen LogP contribution in [0.4, 0.5) is 0 Å². The molecule has 0 aromatic heterocycles. The van der Waals surface area contributed by atoms with Crippen LogP contribution in [0.1, 0.15) is 258 Å². The summed E-state index contributed by atoms with van der Waals surface area (Å²) in [6.45, 7) is 3.70. The van der Waals surface area contributed by atoms with E-state index in [4.69, 9.17) is 9.47 Å². The van der Waals surface area contributed by atoms with Gasteiger partial charge in [0.25, 0.3) is 0 Å². The molecule has 1 heterocycles. The number of aliphatic hydroxyl groups excluding tert-OH is 5. The van der Waals surface area contributed by atoms with Crippen molar-refractivity contribution in [3.8, 4) is 0 Å². The number of hydrogen-bond acceptors (Lipinski definition) is 8. The minimum absolute atomic E-state index is 0.185. The molecule has 1 rings (SSSR count). The van der Waals surface area contributed by atoms with Gasteiger partial charge in [0.1, 0.15) is 24.4 Å².